The Hall–Kier alpha value is -3.69. The molecule has 3 amide bonds. The Kier molecular flexibility index (Phi) is 7.81. The minimum absolute atomic E-state index is 0.171. The van der Waals surface area contributed by atoms with E-state index in [9.17, 15) is 14.4 Å². The van der Waals surface area contributed by atoms with Crippen LogP contribution in [0.3, 0.4) is 0 Å². The van der Waals surface area contributed by atoms with Crippen molar-refractivity contribution in [1.29, 1.82) is 0 Å². The molecule has 9 nitrogen and oxygen atoms in total. The summed E-state index contributed by atoms with van der Waals surface area (Å²) in [6.07, 6.45) is 5.98. The molecule has 2 saturated heterocycles. The number of hydrogen-bond donors (Lipinski definition) is 2. The number of hydrogen-bond acceptors (Lipinski definition) is 7. The molecule has 10 heteroatoms. The molecule has 4 aliphatic rings. The number of ether oxygens (including phenoxy) is 1. The fourth-order valence-electron chi connectivity index (χ4n) is 6.61. The maximum absolute atomic E-state index is 13.3. The molecule has 0 saturated carbocycles. The van der Waals surface area contributed by atoms with Crippen LogP contribution in [-0.4, -0.2) is 66.0 Å². The van der Waals surface area contributed by atoms with E-state index in [1.165, 1.54) is 0 Å². The summed E-state index contributed by atoms with van der Waals surface area (Å²) < 4.78 is 6.34. The summed E-state index contributed by atoms with van der Waals surface area (Å²) in [5.74, 6) is 0.694. The first-order valence-corrected chi connectivity index (χ1v) is 14.6. The van der Waals surface area contributed by atoms with Gasteiger partial charge in [-0.15, -0.1) is 0 Å². The summed E-state index contributed by atoms with van der Waals surface area (Å²) >= 11 is 5.97. The highest BCUT2D eigenvalue weighted by Crippen LogP contribution is 2.46. The minimum atomic E-state index is -0.635. The number of amides is 3. The normalized spacial score (nSPS) is 24.9. The van der Waals surface area contributed by atoms with Crippen LogP contribution >= 0.6 is 11.6 Å². The van der Waals surface area contributed by atoms with Gasteiger partial charge >= 0.3 is 0 Å². The van der Waals surface area contributed by atoms with Gasteiger partial charge in [0.2, 0.25) is 11.8 Å². The maximum Gasteiger partial charge on any atom is 0.255 e. The highest BCUT2D eigenvalue weighted by molar-refractivity contribution is 6.30. The van der Waals surface area contributed by atoms with Crippen molar-refractivity contribution in [3.63, 3.8) is 0 Å². The van der Waals surface area contributed by atoms with Crippen LogP contribution in [0.2, 0.25) is 5.02 Å². The molecule has 2 aromatic carbocycles. The van der Waals surface area contributed by atoms with Gasteiger partial charge in [0.05, 0.1) is 19.7 Å². The van der Waals surface area contributed by atoms with Crippen LogP contribution < -0.4 is 15.8 Å². The number of carbonyl (C=O) groups is 3. The first-order valence-electron chi connectivity index (χ1n) is 14.2. The molecule has 4 aliphatic heterocycles. The van der Waals surface area contributed by atoms with E-state index in [1.54, 1.807) is 11.1 Å². The molecular formula is C31H34ClN5O4. The Bertz CT molecular complexity index is 1420. The molecule has 2 aromatic rings. The van der Waals surface area contributed by atoms with Gasteiger partial charge in [0, 0.05) is 41.9 Å². The zero-order chi connectivity index (χ0) is 28.5. The van der Waals surface area contributed by atoms with Crippen molar-refractivity contribution in [3.8, 4) is 5.75 Å². The van der Waals surface area contributed by atoms with E-state index in [1.807, 2.05) is 42.6 Å². The number of rotatable bonds is 6. The van der Waals surface area contributed by atoms with Gasteiger partial charge < -0.3 is 15.4 Å². The SMILES string of the molecule is NC=C(C=NCc1ccc(Cl)cc1)CN1CCC2c3ccc4c(c3OCCC2C1)CN(C1CCC(=O)NC1=O)C4=O. The van der Waals surface area contributed by atoms with Gasteiger partial charge in [-0.2, -0.15) is 0 Å². The zero-order valence-electron chi connectivity index (χ0n) is 22.9. The monoisotopic (exact) mass is 575 g/mol. The summed E-state index contributed by atoms with van der Waals surface area (Å²) in [7, 11) is 0. The quantitative estimate of drug-likeness (QED) is 0.403. The second kappa shape index (κ2) is 11.7. The van der Waals surface area contributed by atoms with Crippen molar-refractivity contribution in [3.05, 3.63) is 75.4 Å². The average Bonchev–Trinajstić information content (AvgIpc) is 3.18. The van der Waals surface area contributed by atoms with E-state index >= 15 is 0 Å². The van der Waals surface area contributed by atoms with Gasteiger partial charge in [0.25, 0.3) is 5.91 Å². The number of nitrogens with zero attached hydrogens (tertiary/aromatic N) is 3. The number of nitrogens with one attached hydrogen (secondary N) is 1. The fourth-order valence-corrected chi connectivity index (χ4v) is 6.74. The number of fused-ring (bicyclic) bond motifs is 5. The van der Waals surface area contributed by atoms with Crippen molar-refractivity contribution in [1.82, 2.24) is 15.1 Å². The van der Waals surface area contributed by atoms with Gasteiger partial charge in [0.1, 0.15) is 11.8 Å². The lowest BCUT2D eigenvalue weighted by Crippen LogP contribution is -2.52. The van der Waals surface area contributed by atoms with Crippen molar-refractivity contribution < 1.29 is 19.1 Å². The Morgan fingerprint density at radius 2 is 1.95 bits per heavy atom. The van der Waals surface area contributed by atoms with E-state index < -0.39 is 11.9 Å². The van der Waals surface area contributed by atoms with Crippen molar-refractivity contribution >= 4 is 35.5 Å². The number of halogens is 1. The molecule has 0 radical (unpaired) electrons. The number of carbonyl (C=O) groups excluding carboxylic acids is 3. The summed E-state index contributed by atoms with van der Waals surface area (Å²) in [6.45, 7) is 4.05. The summed E-state index contributed by atoms with van der Waals surface area (Å²) in [5, 5.41) is 3.08. The standard InChI is InChI=1S/C31H34ClN5O4/c32-22-3-1-19(2-4-22)14-34-15-20(13-33)16-36-11-9-23-21(17-36)10-12-41-29-24(23)5-6-25-26(29)18-37(31(25)40)27-7-8-28(38)35-30(27)39/h1-6,13,15,21,23,27H,7-12,14,16-18,33H2,(H,35,38,39). The van der Waals surface area contributed by atoms with E-state index in [0.29, 0.717) is 48.5 Å². The fraction of sp³-hybridized carbons (Fsp3) is 0.419. The van der Waals surface area contributed by atoms with Crippen LogP contribution in [0.15, 0.2) is 53.2 Å². The van der Waals surface area contributed by atoms with Crippen LogP contribution in [0, 0.1) is 5.92 Å². The van der Waals surface area contributed by atoms with E-state index in [0.717, 1.165) is 60.5 Å². The summed E-state index contributed by atoms with van der Waals surface area (Å²) in [6, 6.07) is 11.0. The second-order valence-corrected chi connectivity index (χ2v) is 11.7. The van der Waals surface area contributed by atoms with E-state index in [4.69, 9.17) is 22.1 Å². The number of nitrogens with two attached hydrogens (primary N) is 1. The molecule has 214 valence electrons. The molecule has 0 bridgehead atoms. The Morgan fingerprint density at radius 3 is 2.73 bits per heavy atom. The smallest absolute Gasteiger partial charge is 0.255 e. The lowest BCUT2D eigenvalue weighted by atomic mass is 9.78. The summed E-state index contributed by atoms with van der Waals surface area (Å²) in [5.41, 5.74) is 10.7. The number of likely N-dealkylation sites (tertiary alicyclic amines) is 1. The topological polar surface area (TPSA) is 117 Å². The van der Waals surface area contributed by atoms with Gasteiger partial charge in [-0.1, -0.05) is 29.8 Å². The van der Waals surface area contributed by atoms with E-state index in [2.05, 4.69) is 15.2 Å². The van der Waals surface area contributed by atoms with Crippen LogP contribution in [0.5, 0.6) is 5.75 Å². The molecular weight excluding hydrogens is 542 g/mol. The first kappa shape index (κ1) is 27.5. The summed E-state index contributed by atoms with van der Waals surface area (Å²) in [4.78, 5) is 46.0. The number of piperidine rings is 2. The van der Waals surface area contributed by atoms with Crippen LogP contribution in [0.4, 0.5) is 0 Å². The van der Waals surface area contributed by atoms with Crippen LogP contribution in [0.1, 0.15) is 58.6 Å². The van der Waals surface area contributed by atoms with E-state index in [-0.39, 0.29) is 18.2 Å². The minimum Gasteiger partial charge on any atom is -0.493 e. The first-order chi connectivity index (χ1) is 19.9. The molecule has 0 spiro atoms. The molecule has 0 aromatic heterocycles. The largest absolute Gasteiger partial charge is 0.493 e. The van der Waals surface area contributed by atoms with Crippen LogP contribution in [-0.2, 0) is 22.7 Å². The Labute approximate surface area is 244 Å². The molecule has 3 unspecified atom stereocenters. The molecule has 3 N–H and O–H groups in total. The van der Waals surface area contributed by atoms with Crippen molar-refractivity contribution in [2.24, 2.45) is 16.6 Å². The molecule has 4 heterocycles. The number of aliphatic imine (C=N–C) groups is 1. The third kappa shape index (κ3) is 5.61. The molecule has 2 fully saturated rings. The maximum atomic E-state index is 13.3. The Morgan fingerprint density at radius 1 is 1.12 bits per heavy atom. The van der Waals surface area contributed by atoms with Gasteiger partial charge in [-0.25, -0.2) is 0 Å². The highest BCUT2D eigenvalue weighted by Gasteiger charge is 2.42. The lowest BCUT2D eigenvalue weighted by molar-refractivity contribution is -0.136. The number of imide groups is 1. The van der Waals surface area contributed by atoms with Crippen molar-refractivity contribution in [2.75, 3.05) is 26.2 Å². The van der Waals surface area contributed by atoms with Crippen LogP contribution in [0.25, 0.3) is 0 Å². The average molecular weight is 576 g/mol. The Balaban J connectivity index is 1.12. The predicted octanol–water partition coefficient (Wildman–Crippen LogP) is 3.40. The highest BCUT2D eigenvalue weighted by atomic mass is 35.5. The lowest BCUT2D eigenvalue weighted by Gasteiger charge is -2.38. The van der Waals surface area contributed by atoms with Gasteiger partial charge in [-0.3, -0.25) is 29.6 Å². The molecule has 41 heavy (non-hydrogen) atoms. The predicted molar refractivity (Wildman–Crippen MR) is 156 cm³/mol. The molecule has 6 rings (SSSR count). The second-order valence-electron chi connectivity index (χ2n) is 11.3. The third-order valence-electron chi connectivity index (χ3n) is 8.71. The van der Waals surface area contributed by atoms with Crippen molar-refractivity contribution in [2.45, 2.75) is 50.7 Å². The zero-order valence-corrected chi connectivity index (χ0v) is 23.6. The molecule has 3 atom stereocenters. The van der Waals surface area contributed by atoms with Gasteiger partial charge in [-0.05, 0) is 78.7 Å². The van der Waals surface area contributed by atoms with Gasteiger partial charge in [0.15, 0.2) is 0 Å². The third-order valence-corrected chi connectivity index (χ3v) is 8.97. The number of benzene rings is 2. The molecule has 0 aliphatic carbocycles.